The molecule has 7 nitrogen and oxygen atoms in total. The molecule has 2 atom stereocenters. The van der Waals surface area contributed by atoms with Crippen LogP contribution >= 0.6 is 0 Å². The summed E-state index contributed by atoms with van der Waals surface area (Å²) in [6, 6.07) is 19.9. The Morgan fingerprint density at radius 3 is 2.31 bits per heavy atom. The summed E-state index contributed by atoms with van der Waals surface area (Å²) in [6.45, 7) is 3.28. The molecule has 2 unspecified atom stereocenters. The van der Waals surface area contributed by atoms with Crippen LogP contribution in [0.2, 0.25) is 0 Å². The minimum atomic E-state index is -4.17. The molecule has 0 fully saturated rings. The van der Waals surface area contributed by atoms with E-state index in [1.54, 1.807) is 56.3 Å². The van der Waals surface area contributed by atoms with Crippen LogP contribution in [0.4, 0.5) is 0 Å². The van der Waals surface area contributed by atoms with Crippen molar-refractivity contribution in [3.8, 4) is 11.1 Å². The lowest BCUT2D eigenvalue weighted by Gasteiger charge is -2.26. The molecule has 182 valence electrons. The van der Waals surface area contributed by atoms with Crippen molar-refractivity contribution in [1.29, 1.82) is 0 Å². The molecule has 0 aromatic heterocycles. The highest BCUT2D eigenvalue weighted by Gasteiger charge is 2.38. The topological polar surface area (TPSA) is 98.8 Å². The average molecular weight is 494 g/mol. The highest BCUT2D eigenvalue weighted by Crippen LogP contribution is 2.37. The van der Waals surface area contributed by atoms with Gasteiger partial charge in [0.25, 0.3) is 0 Å². The van der Waals surface area contributed by atoms with Crippen LogP contribution in [-0.4, -0.2) is 33.0 Å². The maximum atomic E-state index is 13.5. The maximum Gasteiger partial charge on any atom is 0.328 e. The summed E-state index contributed by atoms with van der Waals surface area (Å²) in [4.78, 5) is 25.2. The summed E-state index contributed by atoms with van der Waals surface area (Å²) in [7, 11) is -4.17. The summed E-state index contributed by atoms with van der Waals surface area (Å²) in [6.07, 6.45) is -0.510. The van der Waals surface area contributed by atoms with E-state index >= 15 is 0 Å². The van der Waals surface area contributed by atoms with Gasteiger partial charge in [-0.1, -0.05) is 67.6 Å². The molecular weight excluding hydrogens is 466 g/mol. The SMILES string of the molecule is CCOC(=O)C(NS(=O)(=O)c1ccc2c(c1)Cc1ccccc1-2)C(OC(=O)CC)c1ccccc1. The zero-order chi connectivity index (χ0) is 25.0. The third kappa shape index (κ3) is 5.28. The molecule has 0 saturated carbocycles. The van der Waals surface area contributed by atoms with Crippen molar-refractivity contribution >= 4 is 22.0 Å². The zero-order valence-electron chi connectivity index (χ0n) is 19.6. The predicted molar refractivity (Wildman–Crippen MR) is 131 cm³/mol. The fourth-order valence-electron chi connectivity index (χ4n) is 4.19. The summed E-state index contributed by atoms with van der Waals surface area (Å²) in [5.41, 5.74) is 4.56. The monoisotopic (exact) mass is 493 g/mol. The fourth-order valence-corrected chi connectivity index (χ4v) is 5.42. The number of ether oxygens (including phenoxy) is 2. The Morgan fingerprint density at radius 2 is 1.60 bits per heavy atom. The van der Waals surface area contributed by atoms with Gasteiger partial charge in [-0.05, 0) is 53.3 Å². The molecule has 35 heavy (non-hydrogen) atoms. The van der Waals surface area contributed by atoms with Crippen LogP contribution in [0, 0.1) is 0 Å². The van der Waals surface area contributed by atoms with Crippen LogP contribution in [0.5, 0.6) is 0 Å². The molecule has 1 N–H and O–H groups in total. The molecule has 0 bridgehead atoms. The Balaban J connectivity index is 1.69. The second kappa shape index (κ2) is 10.4. The second-order valence-corrected chi connectivity index (χ2v) is 9.89. The quantitative estimate of drug-likeness (QED) is 0.352. The minimum Gasteiger partial charge on any atom is -0.465 e. The zero-order valence-corrected chi connectivity index (χ0v) is 20.4. The number of carbonyl (C=O) groups is 2. The summed E-state index contributed by atoms with van der Waals surface area (Å²) < 4.78 is 40.1. The molecule has 3 aromatic carbocycles. The van der Waals surface area contributed by atoms with Gasteiger partial charge in [-0.2, -0.15) is 4.72 Å². The molecule has 0 radical (unpaired) electrons. The molecule has 3 aromatic rings. The van der Waals surface area contributed by atoms with Gasteiger partial charge in [0.15, 0.2) is 12.1 Å². The van der Waals surface area contributed by atoms with Crippen LogP contribution < -0.4 is 4.72 Å². The number of sulfonamides is 1. The largest absolute Gasteiger partial charge is 0.465 e. The number of hydrogen-bond acceptors (Lipinski definition) is 6. The number of esters is 2. The number of hydrogen-bond donors (Lipinski definition) is 1. The van der Waals surface area contributed by atoms with E-state index in [9.17, 15) is 18.0 Å². The van der Waals surface area contributed by atoms with Gasteiger partial charge < -0.3 is 9.47 Å². The number of nitrogens with one attached hydrogen (secondary N) is 1. The van der Waals surface area contributed by atoms with Crippen LogP contribution in [0.3, 0.4) is 0 Å². The molecule has 8 heteroatoms. The number of carbonyl (C=O) groups excluding carboxylic acids is 2. The Kier molecular flexibility index (Phi) is 7.33. The van der Waals surface area contributed by atoms with Gasteiger partial charge in [0.1, 0.15) is 0 Å². The van der Waals surface area contributed by atoms with Crippen LogP contribution in [0.1, 0.15) is 43.1 Å². The van der Waals surface area contributed by atoms with Gasteiger partial charge in [-0.25, -0.2) is 8.42 Å². The number of rotatable bonds is 9. The third-order valence-corrected chi connectivity index (χ3v) is 7.31. The highest BCUT2D eigenvalue weighted by atomic mass is 32.2. The van der Waals surface area contributed by atoms with E-state index in [-0.39, 0.29) is 17.9 Å². The van der Waals surface area contributed by atoms with E-state index in [2.05, 4.69) is 4.72 Å². The van der Waals surface area contributed by atoms with E-state index in [1.807, 2.05) is 24.3 Å². The van der Waals surface area contributed by atoms with E-state index in [4.69, 9.17) is 9.47 Å². The lowest BCUT2D eigenvalue weighted by Crippen LogP contribution is -2.47. The summed E-state index contributed by atoms with van der Waals surface area (Å²) in [5.74, 6) is -1.40. The molecular formula is C27H27NO6S. The fraction of sp³-hybridized carbons (Fsp3) is 0.259. The molecule has 0 amide bonds. The normalized spacial score (nSPS) is 13.9. The van der Waals surface area contributed by atoms with Gasteiger partial charge >= 0.3 is 11.9 Å². The molecule has 1 aliphatic carbocycles. The van der Waals surface area contributed by atoms with E-state index in [1.165, 1.54) is 6.07 Å². The Labute approximate surface area is 205 Å². The first kappa shape index (κ1) is 24.6. The maximum absolute atomic E-state index is 13.5. The number of fused-ring (bicyclic) bond motifs is 3. The Bertz CT molecular complexity index is 1340. The van der Waals surface area contributed by atoms with Crippen molar-refractivity contribution in [2.24, 2.45) is 0 Å². The smallest absolute Gasteiger partial charge is 0.328 e. The van der Waals surface area contributed by atoms with Gasteiger partial charge in [-0.15, -0.1) is 0 Å². The van der Waals surface area contributed by atoms with E-state index in [0.29, 0.717) is 12.0 Å². The lowest BCUT2D eigenvalue weighted by molar-refractivity contribution is -0.158. The first-order valence-electron chi connectivity index (χ1n) is 11.5. The lowest BCUT2D eigenvalue weighted by atomic mass is 10.0. The van der Waals surface area contributed by atoms with Gasteiger partial charge in [0, 0.05) is 6.42 Å². The number of benzene rings is 3. The molecule has 0 aliphatic heterocycles. The van der Waals surface area contributed by atoms with Gasteiger partial charge in [-0.3, -0.25) is 9.59 Å². The standard InChI is InChI=1S/C27H27NO6S/c1-3-24(29)34-26(18-10-6-5-7-11-18)25(27(30)33-4-2)28-35(31,32)21-14-15-23-20(17-21)16-19-12-8-9-13-22(19)23/h5-15,17,25-26,28H,3-4,16H2,1-2H3. The average Bonchev–Trinajstić information content (AvgIpc) is 3.24. The minimum absolute atomic E-state index is 0.0204. The van der Waals surface area contributed by atoms with Crippen molar-refractivity contribution in [1.82, 2.24) is 4.72 Å². The molecule has 4 rings (SSSR count). The summed E-state index contributed by atoms with van der Waals surface area (Å²) in [5, 5.41) is 0. The van der Waals surface area contributed by atoms with Crippen LogP contribution in [0.15, 0.2) is 77.7 Å². The van der Waals surface area contributed by atoms with Gasteiger partial charge in [0.2, 0.25) is 10.0 Å². The first-order chi connectivity index (χ1) is 16.8. The summed E-state index contributed by atoms with van der Waals surface area (Å²) >= 11 is 0. The molecule has 0 heterocycles. The molecule has 1 aliphatic rings. The van der Waals surface area contributed by atoms with E-state index in [0.717, 1.165) is 22.3 Å². The van der Waals surface area contributed by atoms with Crippen molar-refractivity contribution in [3.63, 3.8) is 0 Å². The van der Waals surface area contributed by atoms with Crippen molar-refractivity contribution in [2.75, 3.05) is 6.61 Å². The van der Waals surface area contributed by atoms with Crippen LogP contribution in [0.25, 0.3) is 11.1 Å². The van der Waals surface area contributed by atoms with Crippen molar-refractivity contribution < 1.29 is 27.5 Å². The second-order valence-electron chi connectivity index (χ2n) is 8.18. The highest BCUT2D eigenvalue weighted by molar-refractivity contribution is 7.89. The predicted octanol–water partition coefficient (Wildman–Crippen LogP) is 4.16. The molecule has 0 saturated heterocycles. The van der Waals surface area contributed by atoms with Crippen molar-refractivity contribution in [3.05, 3.63) is 89.5 Å². The Hall–Kier alpha value is -3.49. The van der Waals surface area contributed by atoms with Gasteiger partial charge in [0.05, 0.1) is 11.5 Å². The van der Waals surface area contributed by atoms with Crippen LogP contribution in [-0.2, 0) is 35.5 Å². The third-order valence-electron chi connectivity index (χ3n) is 5.88. The first-order valence-corrected chi connectivity index (χ1v) is 13.0. The Morgan fingerprint density at radius 1 is 0.914 bits per heavy atom. The van der Waals surface area contributed by atoms with E-state index < -0.39 is 34.1 Å². The van der Waals surface area contributed by atoms with Crippen molar-refractivity contribution in [2.45, 2.75) is 43.7 Å². The molecule has 0 spiro atoms.